The Balaban J connectivity index is 2.27. The van der Waals surface area contributed by atoms with Gasteiger partial charge >= 0.3 is 0 Å². The van der Waals surface area contributed by atoms with E-state index in [-0.39, 0.29) is 0 Å². The Kier molecular flexibility index (Phi) is 1.74. The van der Waals surface area contributed by atoms with Gasteiger partial charge in [-0.25, -0.2) is 0 Å². The topological polar surface area (TPSA) is 12.5 Å². The Bertz CT molecular complexity index is 292. The highest BCUT2D eigenvalue weighted by molar-refractivity contribution is 5.60. The molecule has 0 saturated heterocycles. The maximum Gasteiger partial charge on any atom is 0.161 e. The van der Waals surface area contributed by atoms with Crippen LogP contribution in [0.1, 0.15) is 5.56 Å². The van der Waals surface area contributed by atoms with E-state index in [9.17, 15) is 0 Å². The smallest absolute Gasteiger partial charge is 0.161 e. The summed E-state index contributed by atoms with van der Waals surface area (Å²) in [5.74, 6) is 0.957. The van der Waals surface area contributed by atoms with Crippen LogP contribution in [-0.2, 0) is 4.74 Å². The molecule has 0 fully saturated rings. The zero-order valence-electron chi connectivity index (χ0n) is 7.03. The molecule has 0 spiro atoms. The third-order valence-electron chi connectivity index (χ3n) is 1.82. The monoisotopic (exact) mass is 161 g/mol. The van der Waals surface area contributed by atoms with Crippen molar-refractivity contribution in [2.45, 2.75) is 0 Å². The fraction of sp³-hybridized carbons (Fsp3) is 0.200. The maximum absolute atomic E-state index is 5.44. The van der Waals surface area contributed by atoms with E-state index in [1.165, 1.54) is 0 Å². The lowest BCUT2D eigenvalue weighted by Crippen LogP contribution is -2.06. The Labute approximate surface area is 72.1 Å². The average Bonchev–Trinajstić information content (AvgIpc) is 2.54. The van der Waals surface area contributed by atoms with Gasteiger partial charge in [-0.15, -0.1) is 0 Å². The summed E-state index contributed by atoms with van der Waals surface area (Å²) in [5.41, 5.74) is 1.14. The predicted octanol–water partition coefficient (Wildman–Crippen LogP) is 1.90. The summed E-state index contributed by atoms with van der Waals surface area (Å²) >= 11 is 0. The van der Waals surface area contributed by atoms with Crippen molar-refractivity contribution in [1.82, 2.24) is 4.90 Å². The molecule has 0 saturated carbocycles. The second kappa shape index (κ2) is 2.89. The van der Waals surface area contributed by atoms with Gasteiger partial charge in [0.05, 0.1) is 0 Å². The largest absolute Gasteiger partial charge is 0.471 e. The molecular formula is C10H11NO. The van der Waals surface area contributed by atoms with Gasteiger partial charge in [0.15, 0.2) is 6.73 Å². The van der Waals surface area contributed by atoms with Crippen LogP contribution in [0, 0.1) is 0 Å². The summed E-state index contributed by atoms with van der Waals surface area (Å²) in [6, 6.07) is 10.1. The molecule has 0 N–H and O–H groups in total. The SMILES string of the molecule is CN1C=C(c2ccccc2)OC1. The Morgan fingerprint density at radius 1 is 1.25 bits per heavy atom. The molecule has 0 amide bonds. The molecule has 1 heterocycles. The van der Waals surface area contributed by atoms with E-state index < -0.39 is 0 Å². The first kappa shape index (κ1) is 7.22. The Morgan fingerprint density at radius 2 is 2.00 bits per heavy atom. The van der Waals surface area contributed by atoms with E-state index in [1.807, 2.05) is 48.5 Å². The lowest BCUT2D eigenvalue weighted by atomic mass is 10.2. The minimum Gasteiger partial charge on any atom is -0.471 e. The third-order valence-corrected chi connectivity index (χ3v) is 1.82. The molecule has 0 aliphatic carbocycles. The Hall–Kier alpha value is -1.44. The molecule has 0 atom stereocenters. The van der Waals surface area contributed by atoms with E-state index >= 15 is 0 Å². The van der Waals surface area contributed by atoms with Crippen molar-refractivity contribution in [3.8, 4) is 0 Å². The molecule has 1 aliphatic rings. The molecule has 2 rings (SSSR count). The first-order valence-electron chi connectivity index (χ1n) is 3.96. The highest BCUT2D eigenvalue weighted by Gasteiger charge is 2.10. The number of nitrogens with zero attached hydrogens (tertiary/aromatic N) is 1. The van der Waals surface area contributed by atoms with Crippen molar-refractivity contribution in [1.29, 1.82) is 0 Å². The maximum atomic E-state index is 5.44. The van der Waals surface area contributed by atoms with Gasteiger partial charge in [-0.1, -0.05) is 30.3 Å². The number of rotatable bonds is 1. The van der Waals surface area contributed by atoms with Crippen LogP contribution < -0.4 is 0 Å². The molecule has 0 radical (unpaired) electrons. The minimum atomic E-state index is 0.657. The number of ether oxygens (including phenoxy) is 1. The van der Waals surface area contributed by atoms with Gasteiger partial charge in [-0.2, -0.15) is 0 Å². The lowest BCUT2D eigenvalue weighted by Gasteiger charge is -2.02. The fourth-order valence-electron chi connectivity index (χ4n) is 1.21. The lowest BCUT2D eigenvalue weighted by molar-refractivity contribution is 0.207. The van der Waals surface area contributed by atoms with E-state index in [0.29, 0.717) is 6.73 Å². The average molecular weight is 161 g/mol. The first-order chi connectivity index (χ1) is 5.86. The van der Waals surface area contributed by atoms with Crippen molar-refractivity contribution in [3.05, 3.63) is 42.1 Å². The molecule has 1 aliphatic heterocycles. The van der Waals surface area contributed by atoms with Gasteiger partial charge in [0, 0.05) is 18.8 Å². The molecular weight excluding hydrogens is 150 g/mol. The van der Waals surface area contributed by atoms with Crippen molar-refractivity contribution in [2.75, 3.05) is 13.8 Å². The Morgan fingerprint density at radius 3 is 2.58 bits per heavy atom. The quantitative estimate of drug-likeness (QED) is 0.623. The minimum absolute atomic E-state index is 0.657. The standard InChI is InChI=1S/C10H11NO/c1-11-7-10(12-8-11)9-5-3-2-4-6-9/h2-7H,8H2,1H3. The fourth-order valence-corrected chi connectivity index (χ4v) is 1.21. The van der Waals surface area contributed by atoms with Gasteiger partial charge in [0.1, 0.15) is 5.76 Å². The summed E-state index contributed by atoms with van der Waals surface area (Å²) in [7, 11) is 2.00. The summed E-state index contributed by atoms with van der Waals surface area (Å²) in [5, 5.41) is 0. The van der Waals surface area contributed by atoms with Crippen molar-refractivity contribution in [2.24, 2.45) is 0 Å². The molecule has 2 heteroatoms. The van der Waals surface area contributed by atoms with Gasteiger partial charge < -0.3 is 9.64 Å². The van der Waals surface area contributed by atoms with Gasteiger partial charge in [0.25, 0.3) is 0 Å². The molecule has 2 nitrogen and oxygen atoms in total. The summed E-state index contributed by atoms with van der Waals surface area (Å²) in [6.45, 7) is 0.657. The van der Waals surface area contributed by atoms with Crippen LogP contribution in [0.15, 0.2) is 36.5 Å². The third kappa shape index (κ3) is 1.28. The summed E-state index contributed by atoms with van der Waals surface area (Å²) in [6.07, 6.45) is 2.01. The molecule has 12 heavy (non-hydrogen) atoms. The number of benzene rings is 1. The normalized spacial score (nSPS) is 15.8. The molecule has 1 aromatic rings. The molecule has 0 aromatic heterocycles. The van der Waals surface area contributed by atoms with Crippen LogP contribution in [0.25, 0.3) is 5.76 Å². The molecule has 0 unspecified atom stereocenters. The molecule has 0 bridgehead atoms. The summed E-state index contributed by atoms with van der Waals surface area (Å²) in [4.78, 5) is 2.02. The number of hydrogen-bond donors (Lipinski definition) is 0. The van der Waals surface area contributed by atoms with Crippen molar-refractivity contribution >= 4 is 5.76 Å². The van der Waals surface area contributed by atoms with E-state index in [2.05, 4.69) is 0 Å². The molecule has 62 valence electrons. The number of hydrogen-bond acceptors (Lipinski definition) is 2. The van der Waals surface area contributed by atoms with Gasteiger partial charge in [-0.3, -0.25) is 0 Å². The summed E-state index contributed by atoms with van der Waals surface area (Å²) < 4.78 is 5.44. The van der Waals surface area contributed by atoms with Gasteiger partial charge in [0.2, 0.25) is 0 Å². The van der Waals surface area contributed by atoms with Crippen LogP contribution in [0.3, 0.4) is 0 Å². The highest BCUT2D eigenvalue weighted by atomic mass is 16.5. The second-order valence-electron chi connectivity index (χ2n) is 2.89. The van der Waals surface area contributed by atoms with Crippen LogP contribution in [0.4, 0.5) is 0 Å². The van der Waals surface area contributed by atoms with Gasteiger partial charge in [-0.05, 0) is 0 Å². The van der Waals surface area contributed by atoms with E-state index in [1.54, 1.807) is 0 Å². The van der Waals surface area contributed by atoms with Crippen molar-refractivity contribution in [3.63, 3.8) is 0 Å². The molecule has 1 aromatic carbocycles. The van der Waals surface area contributed by atoms with Crippen LogP contribution in [0.5, 0.6) is 0 Å². The van der Waals surface area contributed by atoms with E-state index in [4.69, 9.17) is 4.74 Å². The predicted molar refractivity (Wildman–Crippen MR) is 48.1 cm³/mol. The zero-order chi connectivity index (χ0) is 8.39. The van der Waals surface area contributed by atoms with Crippen LogP contribution >= 0.6 is 0 Å². The van der Waals surface area contributed by atoms with Crippen LogP contribution in [-0.4, -0.2) is 18.7 Å². The van der Waals surface area contributed by atoms with E-state index in [0.717, 1.165) is 11.3 Å². The van der Waals surface area contributed by atoms with Crippen molar-refractivity contribution < 1.29 is 4.74 Å². The second-order valence-corrected chi connectivity index (χ2v) is 2.89. The zero-order valence-corrected chi connectivity index (χ0v) is 7.03. The van der Waals surface area contributed by atoms with Crippen LogP contribution in [0.2, 0.25) is 0 Å². The highest BCUT2D eigenvalue weighted by Crippen LogP contribution is 2.20. The first-order valence-corrected chi connectivity index (χ1v) is 3.96.